The molecule has 0 aliphatic carbocycles. The van der Waals surface area contributed by atoms with Gasteiger partial charge in [0.15, 0.2) is 11.4 Å². The fourth-order valence-electron chi connectivity index (χ4n) is 1.77. The Hall–Kier alpha value is -1.66. The summed E-state index contributed by atoms with van der Waals surface area (Å²) in [6.07, 6.45) is 0.328. The van der Waals surface area contributed by atoms with Gasteiger partial charge in [-0.2, -0.15) is 0 Å². The molecule has 1 aromatic heterocycles. The van der Waals surface area contributed by atoms with Gasteiger partial charge in [-0.3, -0.25) is 0 Å². The van der Waals surface area contributed by atoms with Crippen molar-refractivity contribution in [2.45, 2.75) is 25.8 Å². The maximum Gasteiger partial charge on any atom is 0.331 e. The maximum absolute atomic E-state index is 11.5. The minimum atomic E-state index is -1.24. The van der Waals surface area contributed by atoms with Crippen LogP contribution in [0, 0.1) is 0 Å². The molecule has 1 aromatic carbocycles. The van der Waals surface area contributed by atoms with E-state index in [4.69, 9.17) is 23.2 Å². The predicted octanol–water partition coefficient (Wildman–Crippen LogP) is 2.86. The Morgan fingerprint density at radius 3 is 2.45 bits per heavy atom. The van der Waals surface area contributed by atoms with E-state index in [1.165, 1.54) is 4.68 Å². The highest BCUT2D eigenvalue weighted by Gasteiger charge is 2.37. The van der Waals surface area contributed by atoms with E-state index in [0.717, 1.165) is 0 Å². The van der Waals surface area contributed by atoms with E-state index >= 15 is 0 Å². The smallest absolute Gasteiger partial charge is 0.331 e. The molecule has 8 heteroatoms. The summed E-state index contributed by atoms with van der Waals surface area (Å²) in [5, 5.41) is 21.5. The average molecular weight is 315 g/mol. The van der Waals surface area contributed by atoms with E-state index in [1.54, 1.807) is 32.0 Å². The lowest BCUT2D eigenvalue weighted by molar-refractivity contribution is -0.147. The van der Waals surface area contributed by atoms with Crippen LogP contribution in [-0.4, -0.2) is 31.3 Å². The number of hydrogen-bond acceptors (Lipinski definition) is 4. The zero-order valence-electron chi connectivity index (χ0n) is 10.8. The van der Waals surface area contributed by atoms with Crippen molar-refractivity contribution in [3.63, 3.8) is 0 Å². The topological polar surface area (TPSA) is 80.9 Å². The van der Waals surface area contributed by atoms with Crippen molar-refractivity contribution < 1.29 is 9.90 Å². The maximum atomic E-state index is 11.5. The molecule has 1 unspecified atom stereocenters. The zero-order valence-corrected chi connectivity index (χ0v) is 12.4. The highest BCUT2D eigenvalue weighted by Crippen LogP contribution is 2.29. The summed E-state index contributed by atoms with van der Waals surface area (Å²) < 4.78 is 1.28. The van der Waals surface area contributed by atoms with Gasteiger partial charge in [0.1, 0.15) is 0 Å². The first kappa shape index (κ1) is 14.7. The highest BCUT2D eigenvalue weighted by molar-refractivity contribution is 6.35. The number of rotatable bonds is 4. The molecule has 20 heavy (non-hydrogen) atoms. The average Bonchev–Trinajstić information content (AvgIpc) is 2.86. The van der Waals surface area contributed by atoms with Gasteiger partial charge in [-0.15, -0.1) is 5.10 Å². The molecule has 0 amide bonds. The van der Waals surface area contributed by atoms with Crippen LogP contribution in [0.3, 0.4) is 0 Å². The second-order valence-corrected chi connectivity index (χ2v) is 5.38. The lowest BCUT2D eigenvalue weighted by atomic mass is 9.99. The molecule has 0 aliphatic heterocycles. The number of nitrogens with zero attached hydrogens (tertiary/aromatic N) is 4. The number of aliphatic carboxylic acids is 1. The Morgan fingerprint density at radius 1 is 1.35 bits per heavy atom. The van der Waals surface area contributed by atoms with Crippen LogP contribution in [0.15, 0.2) is 18.2 Å². The summed E-state index contributed by atoms with van der Waals surface area (Å²) in [5.74, 6) is -0.706. The number of hydrogen-bond donors (Lipinski definition) is 1. The van der Waals surface area contributed by atoms with Gasteiger partial charge in [0, 0.05) is 15.6 Å². The van der Waals surface area contributed by atoms with Crippen LogP contribution in [0.4, 0.5) is 0 Å². The SMILES string of the molecule is CCC(C)(C(=O)O)n1nnnc1-c1cc(Cl)cc(Cl)c1. The molecule has 1 atom stereocenters. The summed E-state index contributed by atoms with van der Waals surface area (Å²) in [7, 11) is 0. The molecule has 2 aromatic rings. The molecule has 0 aliphatic rings. The fourth-order valence-corrected chi connectivity index (χ4v) is 2.30. The van der Waals surface area contributed by atoms with Gasteiger partial charge in [-0.1, -0.05) is 30.1 Å². The van der Waals surface area contributed by atoms with Gasteiger partial charge < -0.3 is 5.11 Å². The third-order valence-corrected chi connectivity index (χ3v) is 3.64. The van der Waals surface area contributed by atoms with Crippen molar-refractivity contribution in [2.24, 2.45) is 0 Å². The molecule has 6 nitrogen and oxygen atoms in total. The number of carboxylic acids is 1. The first-order valence-corrected chi connectivity index (χ1v) is 6.63. The molecule has 2 rings (SSSR count). The third kappa shape index (κ3) is 2.48. The van der Waals surface area contributed by atoms with Crippen LogP contribution < -0.4 is 0 Å². The van der Waals surface area contributed by atoms with Gasteiger partial charge in [0.2, 0.25) is 0 Å². The molecule has 0 fully saturated rings. The van der Waals surface area contributed by atoms with Crippen molar-refractivity contribution >= 4 is 29.2 Å². The molecule has 0 spiro atoms. The summed E-state index contributed by atoms with van der Waals surface area (Å²) in [6.45, 7) is 3.31. The summed E-state index contributed by atoms with van der Waals surface area (Å²) in [4.78, 5) is 11.5. The van der Waals surface area contributed by atoms with Gasteiger partial charge in [0.05, 0.1) is 0 Å². The van der Waals surface area contributed by atoms with Crippen molar-refractivity contribution in [1.82, 2.24) is 20.2 Å². The van der Waals surface area contributed by atoms with Crippen LogP contribution in [0.2, 0.25) is 10.0 Å². The summed E-state index contributed by atoms with van der Waals surface area (Å²) in [5.41, 5.74) is -0.679. The molecule has 0 bridgehead atoms. The molecule has 1 heterocycles. The second-order valence-electron chi connectivity index (χ2n) is 4.50. The number of carbonyl (C=O) groups is 1. The predicted molar refractivity (Wildman–Crippen MR) is 74.8 cm³/mol. The Labute approximate surface area is 125 Å². The molecule has 0 saturated heterocycles. The van der Waals surface area contributed by atoms with E-state index in [-0.39, 0.29) is 0 Å². The second kappa shape index (κ2) is 5.38. The highest BCUT2D eigenvalue weighted by atomic mass is 35.5. The largest absolute Gasteiger partial charge is 0.479 e. The third-order valence-electron chi connectivity index (χ3n) is 3.21. The number of halogens is 2. The molecule has 0 radical (unpaired) electrons. The van der Waals surface area contributed by atoms with E-state index in [0.29, 0.717) is 27.9 Å². The fraction of sp³-hybridized carbons (Fsp3) is 0.333. The molecular weight excluding hydrogens is 303 g/mol. The molecule has 106 valence electrons. The normalized spacial score (nSPS) is 14.0. The van der Waals surface area contributed by atoms with Crippen molar-refractivity contribution in [3.8, 4) is 11.4 Å². The van der Waals surface area contributed by atoms with Gasteiger partial charge in [-0.05, 0) is 42.0 Å². The van der Waals surface area contributed by atoms with E-state index in [1.807, 2.05) is 0 Å². The van der Waals surface area contributed by atoms with Crippen LogP contribution in [0.25, 0.3) is 11.4 Å². The number of benzene rings is 1. The van der Waals surface area contributed by atoms with Crippen molar-refractivity contribution in [2.75, 3.05) is 0 Å². The molecule has 1 N–H and O–H groups in total. The zero-order chi connectivity index (χ0) is 14.9. The van der Waals surface area contributed by atoms with E-state index < -0.39 is 11.5 Å². The number of aromatic nitrogens is 4. The van der Waals surface area contributed by atoms with Gasteiger partial charge in [-0.25, -0.2) is 9.48 Å². The Morgan fingerprint density at radius 2 is 1.95 bits per heavy atom. The van der Waals surface area contributed by atoms with Gasteiger partial charge in [0.25, 0.3) is 0 Å². The Bertz CT molecular complexity index is 638. The summed E-state index contributed by atoms with van der Waals surface area (Å²) in [6, 6.07) is 4.85. The van der Waals surface area contributed by atoms with Crippen LogP contribution in [-0.2, 0) is 10.3 Å². The van der Waals surface area contributed by atoms with Gasteiger partial charge >= 0.3 is 5.97 Å². The minimum Gasteiger partial charge on any atom is -0.479 e. The minimum absolute atomic E-state index is 0.307. The Kier molecular flexibility index (Phi) is 3.96. The van der Waals surface area contributed by atoms with Crippen molar-refractivity contribution in [3.05, 3.63) is 28.2 Å². The van der Waals surface area contributed by atoms with Crippen LogP contribution >= 0.6 is 23.2 Å². The van der Waals surface area contributed by atoms with Crippen LogP contribution in [0.5, 0.6) is 0 Å². The van der Waals surface area contributed by atoms with E-state index in [9.17, 15) is 9.90 Å². The number of tetrazole rings is 1. The summed E-state index contributed by atoms with van der Waals surface area (Å²) >= 11 is 11.9. The molecule has 0 saturated carbocycles. The van der Waals surface area contributed by atoms with Crippen LogP contribution in [0.1, 0.15) is 20.3 Å². The quantitative estimate of drug-likeness (QED) is 0.938. The first-order valence-electron chi connectivity index (χ1n) is 5.87. The monoisotopic (exact) mass is 314 g/mol. The standard InChI is InChI=1S/C12H12Cl2N4O2/c1-3-12(2,11(19)20)18-10(15-16-17-18)7-4-8(13)6-9(14)5-7/h4-6H,3H2,1-2H3,(H,19,20). The lowest BCUT2D eigenvalue weighted by Gasteiger charge is -2.24. The lowest BCUT2D eigenvalue weighted by Crippen LogP contribution is -2.39. The van der Waals surface area contributed by atoms with E-state index in [2.05, 4.69) is 15.5 Å². The number of carboxylic acid groups (broad SMARTS) is 1. The molecular formula is C12H12Cl2N4O2. The Balaban J connectivity index is 2.61. The first-order chi connectivity index (χ1) is 9.38. The van der Waals surface area contributed by atoms with Crippen molar-refractivity contribution in [1.29, 1.82) is 0 Å².